The average Bonchev–Trinajstić information content (AvgIpc) is 3.26. The third kappa shape index (κ3) is 2.93. The summed E-state index contributed by atoms with van der Waals surface area (Å²) >= 11 is 1.61. The zero-order valence-corrected chi connectivity index (χ0v) is 16.8. The molecule has 5 rings (SSSR count). The molecule has 2 nitrogen and oxygen atoms in total. The first-order chi connectivity index (χ1) is 14.3. The van der Waals surface area contributed by atoms with Gasteiger partial charge in [-0.1, -0.05) is 91.0 Å². The summed E-state index contributed by atoms with van der Waals surface area (Å²) in [4.78, 5) is 15.3. The Hall–Kier alpha value is -3.04. The molecule has 0 saturated heterocycles. The largest absolute Gasteiger partial charge is 0.352 e. The number of nitrogens with zero attached hydrogens (tertiary/aromatic N) is 1. The van der Waals surface area contributed by atoms with Crippen LogP contribution >= 0.6 is 11.8 Å². The van der Waals surface area contributed by atoms with E-state index in [0.717, 1.165) is 22.3 Å². The maximum absolute atomic E-state index is 13.1. The smallest absolute Gasteiger partial charge is 0.169 e. The number of benzene rings is 3. The van der Waals surface area contributed by atoms with E-state index in [0.29, 0.717) is 6.54 Å². The molecule has 0 fully saturated rings. The number of thioether (sulfide) groups is 1. The topological polar surface area (TPSA) is 20.3 Å². The molecule has 0 N–H and O–H groups in total. The van der Waals surface area contributed by atoms with Gasteiger partial charge in [0.05, 0.1) is 11.8 Å². The van der Waals surface area contributed by atoms with Gasteiger partial charge in [-0.25, -0.2) is 0 Å². The molecule has 3 aromatic rings. The molecule has 3 heteroatoms. The van der Waals surface area contributed by atoms with Gasteiger partial charge in [0.25, 0.3) is 0 Å². The maximum Gasteiger partial charge on any atom is 0.169 e. The standard InChI is InChI=1S/C26H21NOS/c28-24-19-27(18-20-16-17-29-25(20)24)26(21-10-4-1-5-11-21,22-12-6-2-7-13-22)23-14-8-3-9-15-23/h1-18,25H,19H2. The summed E-state index contributed by atoms with van der Waals surface area (Å²) in [6.45, 7) is 0.377. The van der Waals surface area contributed by atoms with Crippen molar-refractivity contribution in [1.29, 1.82) is 0 Å². The summed E-state index contributed by atoms with van der Waals surface area (Å²) < 4.78 is 0. The van der Waals surface area contributed by atoms with Gasteiger partial charge >= 0.3 is 0 Å². The Bertz CT molecular complexity index is 977. The molecule has 0 radical (unpaired) electrons. The first-order valence-corrected chi connectivity index (χ1v) is 10.7. The van der Waals surface area contributed by atoms with E-state index in [2.05, 4.69) is 90.0 Å². The lowest BCUT2D eigenvalue weighted by Crippen LogP contribution is -2.50. The highest BCUT2D eigenvalue weighted by atomic mass is 32.2. The number of fused-ring (bicyclic) bond motifs is 1. The first kappa shape index (κ1) is 18.0. The molecule has 0 amide bonds. The second-order valence-corrected chi connectivity index (χ2v) is 8.37. The van der Waals surface area contributed by atoms with Crippen molar-refractivity contribution in [2.75, 3.05) is 6.54 Å². The minimum absolute atomic E-state index is 0.0636. The second kappa shape index (κ2) is 7.41. The number of hydrogen-bond donors (Lipinski definition) is 0. The molecule has 0 aromatic heterocycles. The van der Waals surface area contributed by atoms with Crippen LogP contribution in [0.2, 0.25) is 0 Å². The van der Waals surface area contributed by atoms with Crippen molar-refractivity contribution in [1.82, 2.24) is 4.90 Å². The Morgan fingerprint density at radius 2 is 1.24 bits per heavy atom. The van der Waals surface area contributed by atoms with Gasteiger partial charge in [-0.3, -0.25) is 4.79 Å². The molecule has 0 bridgehead atoms. The lowest BCUT2D eigenvalue weighted by Gasteiger charge is -2.47. The molecule has 0 saturated carbocycles. The third-order valence-corrected chi connectivity index (χ3v) is 6.81. The van der Waals surface area contributed by atoms with Crippen LogP contribution in [0.3, 0.4) is 0 Å². The fraction of sp³-hybridized carbons (Fsp3) is 0.115. The number of carbonyl (C=O) groups is 1. The van der Waals surface area contributed by atoms with Crippen LogP contribution < -0.4 is 0 Å². The summed E-state index contributed by atoms with van der Waals surface area (Å²) in [5.74, 6) is 0.254. The van der Waals surface area contributed by atoms with Crippen molar-refractivity contribution < 1.29 is 4.79 Å². The quantitative estimate of drug-likeness (QED) is 0.554. The summed E-state index contributed by atoms with van der Waals surface area (Å²) in [5, 5.41) is 1.97. The van der Waals surface area contributed by atoms with Gasteiger partial charge in [0.15, 0.2) is 5.78 Å². The van der Waals surface area contributed by atoms with Crippen molar-refractivity contribution in [3.63, 3.8) is 0 Å². The van der Waals surface area contributed by atoms with Gasteiger partial charge in [0, 0.05) is 6.20 Å². The molecular weight excluding hydrogens is 374 g/mol. The van der Waals surface area contributed by atoms with Crippen molar-refractivity contribution >= 4 is 17.5 Å². The predicted octanol–water partition coefficient (Wildman–Crippen LogP) is 5.38. The molecule has 142 valence electrons. The van der Waals surface area contributed by atoms with Crippen LogP contribution in [0.1, 0.15) is 16.7 Å². The molecule has 2 aliphatic rings. The summed E-state index contributed by atoms with van der Waals surface area (Å²) in [6.07, 6.45) is 4.26. The summed E-state index contributed by atoms with van der Waals surface area (Å²) in [6, 6.07) is 31.5. The van der Waals surface area contributed by atoms with E-state index in [4.69, 9.17) is 0 Å². The number of rotatable bonds is 4. The van der Waals surface area contributed by atoms with Crippen molar-refractivity contribution in [2.24, 2.45) is 0 Å². The van der Waals surface area contributed by atoms with E-state index in [1.807, 2.05) is 23.6 Å². The summed E-state index contributed by atoms with van der Waals surface area (Å²) in [5.41, 5.74) is 3.94. The van der Waals surface area contributed by atoms with E-state index >= 15 is 0 Å². The van der Waals surface area contributed by atoms with Gasteiger partial charge in [0.1, 0.15) is 5.54 Å². The Morgan fingerprint density at radius 1 is 0.759 bits per heavy atom. The molecule has 3 aromatic carbocycles. The Balaban J connectivity index is 1.83. The molecule has 29 heavy (non-hydrogen) atoms. The van der Waals surface area contributed by atoms with Crippen LogP contribution in [0, 0.1) is 0 Å². The van der Waals surface area contributed by atoms with Crippen LogP contribution in [-0.2, 0) is 10.3 Å². The molecule has 0 spiro atoms. The molecule has 0 aliphatic carbocycles. The van der Waals surface area contributed by atoms with E-state index in [9.17, 15) is 4.79 Å². The van der Waals surface area contributed by atoms with Gasteiger partial charge in [-0.2, -0.15) is 0 Å². The molecule has 2 heterocycles. The van der Waals surface area contributed by atoms with E-state index in [1.165, 1.54) is 0 Å². The lowest BCUT2D eigenvalue weighted by atomic mass is 9.75. The van der Waals surface area contributed by atoms with Crippen LogP contribution in [-0.4, -0.2) is 22.5 Å². The molecule has 2 aliphatic heterocycles. The molecule has 1 unspecified atom stereocenters. The van der Waals surface area contributed by atoms with E-state index < -0.39 is 5.54 Å². The van der Waals surface area contributed by atoms with Crippen molar-refractivity contribution in [2.45, 2.75) is 10.8 Å². The third-order valence-electron chi connectivity index (χ3n) is 5.71. The zero-order chi connectivity index (χ0) is 19.7. The van der Waals surface area contributed by atoms with Crippen LogP contribution in [0.4, 0.5) is 0 Å². The summed E-state index contributed by atoms with van der Waals surface area (Å²) in [7, 11) is 0. The Labute approximate surface area is 175 Å². The lowest BCUT2D eigenvalue weighted by molar-refractivity contribution is -0.119. The molecule has 1 atom stereocenters. The Morgan fingerprint density at radius 3 is 1.72 bits per heavy atom. The van der Waals surface area contributed by atoms with Gasteiger partial charge < -0.3 is 4.90 Å². The fourth-order valence-corrected chi connectivity index (χ4v) is 5.38. The SMILES string of the molecule is O=C1CN(C(c2ccccc2)(c2ccccc2)c2ccccc2)C=C2C=CSC12. The van der Waals surface area contributed by atoms with Crippen LogP contribution in [0.25, 0.3) is 0 Å². The van der Waals surface area contributed by atoms with Gasteiger partial charge in [-0.15, -0.1) is 11.8 Å². The number of Topliss-reactive ketones (excluding diaryl/α,β-unsaturated/α-hetero) is 1. The first-order valence-electron chi connectivity index (χ1n) is 9.80. The second-order valence-electron chi connectivity index (χ2n) is 7.35. The van der Waals surface area contributed by atoms with Crippen molar-refractivity contribution in [3.8, 4) is 0 Å². The maximum atomic E-state index is 13.1. The number of hydrogen-bond acceptors (Lipinski definition) is 3. The highest BCUT2D eigenvalue weighted by Gasteiger charge is 2.45. The van der Waals surface area contributed by atoms with Crippen LogP contribution in [0.5, 0.6) is 0 Å². The van der Waals surface area contributed by atoms with Gasteiger partial charge in [-0.05, 0) is 33.7 Å². The van der Waals surface area contributed by atoms with E-state index in [1.54, 1.807) is 11.8 Å². The minimum atomic E-state index is -0.585. The van der Waals surface area contributed by atoms with Crippen molar-refractivity contribution in [3.05, 3.63) is 131 Å². The number of ketones is 1. The average molecular weight is 396 g/mol. The Kier molecular flexibility index (Phi) is 4.61. The highest BCUT2D eigenvalue weighted by Crippen LogP contribution is 2.45. The van der Waals surface area contributed by atoms with E-state index in [-0.39, 0.29) is 11.0 Å². The predicted molar refractivity (Wildman–Crippen MR) is 120 cm³/mol. The number of allylic oxidation sites excluding steroid dienone is 1. The normalized spacial score (nSPS) is 18.5. The fourth-order valence-electron chi connectivity index (χ4n) is 4.46. The highest BCUT2D eigenvalue weighted by molar-refractivity contribution is 8.03. The number of carbonyl (C=O) groups excluding carboxylic acids is 1. The van der Waals surface area contributed by atoms with Crippen LogP contribution in [0.15, 0.2) is 114 Å². The molecular formula is C26H21NOS. The minimum Gasteiger partial charge on any atom is -0.352 e. The monoisotopic (exact) mass is 395 g/mol. The zero-order valence-electron chi connectivity index (χ0n) is 15.9. The van der Waals surface area contributed by atoms with Gasteiger partial charge in [0.2, 0.25) is 0 Å².